The number of hydrogen-bond acceptors (Lipinski definition) is 1. The first-order chi connectivity index (χ1) is 7.93. The van der Waals surface area contributed by atoms with Crippen LogP contribution in [-0.2, 0) is 6.42 Å². The van der Waals surface area contributed by atoms with Crippen LogP contribution in [0.15, 0.2) is 54.6 Å². The Morgan fingerprint density at radius 2 is 1.59 bits per heavy atom. The maximum Gasteiger partial charge on any atom is 0.124 e. The average molecular weight is 252 g/mol. The molecule has 0 saturated heterocycles. The molecule has 1 atom stereocenters. The fourth-order valence-electron chi connectivity index (χ4n) is 2.23. The van der Waals surface area contributed by atoms with Gasteiger partial charge in [0.25, 0.3) is 0 Å². The predicted octanol–water partition coefficient (Wildman–Crippen LogP) is 2.84. The zero-order chi connectivity index (χ0) is 10.8. The molecule has 2 aromatic carbocycles. The van der Waals surface area contributed by atoms with Gasteiger partial charge >= 0.3 is 37.7 Å². The standard InChI is InChI=1S/C15H14O.Ca.2H/c1-2-6-12(7-3-1)15-11-10-13-8-4-5-9-14(13)16-15;;;/h1-9,15H,10-11H2;;;. The van der Waals surface area contributed by atoms with Crippen molar-refractivity contribution in [1.29, 1.82) is 0 Å². The third kappa shape index (κ3) is 2.85. The van der Waals surface area contributed by atoms with Crippen LogP contribution in [0.5, 0.6) is 5.75 Å². The molecular formula is C15H16CaO. The maximum absolute atomic E-state index is 6.02. The van der Waals surface area contributed by atoms with Gasteiger partial charge in [-0.15, -0.1) is 0 Å². The topological polar surface area (TPSA) is 9.23 Å². The van der Waals surface area contributed by atoms with Crippen LogP contribution in [-0.4, -0.2) is 37.7 Å². The number of fused-ring (bicyclic) bond motifs is 1. The summed E-state index contributed by atoms with van der Waals surface area (Å²) in [7, 11) is 0. The van der Waals surface area contributed by atoms with Crippen LogP contribution >= 0.6 is 0 Å². The Hall–Kier alpha value is -0.500. The van der Waals surface area contributed by atoms with Crippen molar-refractivity contribution in [3.8, 4) is 5.75 Å². The number of ether oxygens (including phenoxy) is 1. The van der Waals surface area contributed by atoms with E-state index < -0.39 is 0 Å². The molecule has 1 unspecified atom stereocenters. The van der Waals surface area contributed by atoms with Gasteiger partial charge in [-0.2, -0.15) is 0 Å². The van der Waals surface area contributed by atoms with Crippen molar-refractivity contribution < 1.29 is 4.74 Å². The molecule has 1 heterocycles. The zero-order valence-corrected chi connectivity index (χ0v) is 9.10. The Kier molecular flexibility index (Phi) is 4.49. The third-order valence-corrected chi connectivity index (χ3v) is 3.09. The molecule has 0 spiro atoms. The molecule has 0 fully saturated rings. The molecule has 0 amide bonds. The number of hydrogen-bond donors (Lipinski definition) is 0. The van der Waals surface area contributed by atoms with Gasteiger partial charge in [-0.1, -0.05) is 48.5 Å². The first-order valence-corrected chi connectivity index (χ1v) is 5.73. The fourth-order valence-corrected chi connectivity index (χ4v) is 2.23. The van der Waals surface area contributed by atoms with E-state index in [2.05, 4.69) is 42.5 Å². The smallest absolute Gasteiger partial charge is 0.124 e. The van der Waals surface area contributed by atoms with Crippen molar-refractivity contribution in [2.75, 3.05) is 0 Å². The normalized spacial score (nSPS) is 17.5. The molecule has 0 bridgehead atoms. The summed E-state index contributed by atoms with van der Waals surface area (Å²) in [5.74, 6) is 1.04. The zero-order valence-electron chi connectivity index (χ0n) is 9.10. The van der Waals surface area contributed by atoms with E-state index in [-0.39, 0.29) is 43.8 Å². The van der Waals surface area contributed by atoms with Crippen LogP contribution in [0.4, 0.5) is 0 Å². The number of aryl methyl sites for hydroxylation is 1. The minimum absolute atomic E-state index is 0. The third-order valence-electron chi connectivity index (χ3n) is 3.09. The summed E-state index contributed by atoms with van der Waals surface area (Å²) in [4.78, 5) is 0. The van der Waals surface area contributed by atoms with Gasteiger partial charge in [0.05, 0.1) is 0 Å². The molecule has 0 radical (unpaired) electrons. The van der Waals surface area contributed by atoms with Crippen molar-refractivity contribution in [2.24, 2.45) is 0 Å². The van der Waals surface area contributed by atoms with Crippen LogP contribution in [0.3, 0.4) is 0 Å². The molecule has 0 aromatic heterocycles. The van der Waals surface area contributed by atoms with E-state index in [1.807, 2.05) is 12.1 Å². The van der Waals surface area contributed by atoms with E-state index in [4.69, 9.17) is 4.74 Å². The van der Waals surface area contributed by atoms with E-state index in [0.29, 0.717) is 0 Å². The molecule has 0 saturated carbocycles. The van der Waals surface area contributed by atoms with Gasteiger partial charge in [-0.25, -0.2) is 0 Å². The number of rotatable bonds is 1. The monoisotopic (exact) mass is 252 g/mol. The molecule has 0 N–H and O–H groups in total. The molecule has 1 aliphatic heterocycles. The summed E-state index contributed by atoms with van der Waals surface area (Å²) in [6.45, 7) is 0. The van der Waals surface area contributed by atoms with Crippen LogP contribution in [0.2, 0.25) is 0 Å². The summed E-state index contributed by atoms with van der Waals surface area (Å²) in [6.07, 6.45) is 2.40. The van der Waals surface area contributed by atoms with Gasteiger partial charge in [0.1, 0.15) is 11.9 Å². The molecule has 17 heavy (non-hydrogen) atoms. The van der Waals surface area contributed by atoms with Crippen molar-refractivity contribution >= 4 is 37.7 Å². The second-order valence-corrected chi connectivity index (χ2v) is 4.16. The van der Waals surface area contributed by atoms with Gasteiger partial charge in [0.2, 0.25) is 0 Å². The molecule has 2 heteroatoms. The predicted molar refractivity (Wildman–Crippen MR) is 73.1 cm³/mol. The van der Waals surface area contributed by atoms with Gasteiger partial charge in [0, 0.05) is 0 Å². The molecular weight excluding hydrogens is 236 g/mol. The molecule has 84 valence electrons. The Balaban J connectivity index is 0.00000108. The van der Waals surface area contributed by atoms with E-state index in [1.54, 1.807) is 0 Å². The van der Waals surface area contributed by atoms with Crippen molar-refractivity contribution in [3.63, 3.8) is 0 Å². The maximum atomic E-state index is 6.02. The minimum Gasteiger partial charge on any atom is -0.485 e. The average Bonchev–Trinajstić information content (AvgIpc) is 2.39. The summed E-state index contributed by atoms with van der Waals surface area (Å²) in [6, 6.07) is 18.8. The fraction of sp³-hybridized carbons (Fsp3) is 0.200. The summed E-state index contributed by atoms with van der Waals surface area (Å²) in [5, 5.41) is 0. The van der Waals surface area contributed by atoms with Gasteiger partial charge in [-0.05, 0) is 30.0 Å². The van der Waals surface area contributed by atoms with Crippen molar-refractivity contribution in [3.05, 3.63) is 65.7 Å². The van der Waals surface area contributed by atoms with E-state index in [9.17, 15) is 0 Å². The van der Waals surface area contributed by atoms with Crippen molar-refractivity contribution in [2.45, 2.75) is 18.9 Å². The summed E-state index contributed by atoms with van der Waals surface area (Å²) in [5.41, 5.74) is 2.60. The first kappa shape index (κ1) is 12.9. The second kappa shape index (κ2) is 5.90. The van der Waals surface area contributed by atoms with Gasteiger partial charge in [-0.3, -0.25) is 0 Å². The molecule has 2 aromatic rings. The van der Waals surface area contributed by atoms with Crippen LogP contribution < -0.4 is 4.74 Å². The van der Waals surface area contributed by atoms with Gasteiger partial charge in [0.15, 0.2) is 0 Å². The van der Waals surface area contributed by atoms with Crippen LogP contribution in [0.25, 0.3) is 0 Å². The Bertz CT molecular complexity index is 481. The van der Waals surface area contributed by atoms with Crippen LogP contribution in [0, 0.1) is 0 Å². The van der Waals surface area contributed by atoms with E-state index >= 15 is 0 Å². The SMILES string of the molecule is [CaH2].c1ccc(C2CCc3ccccc3O2)cc1. The summed E-state index contributed by atoms with van der Waals surface area (Å²) >= 11 is 0. The largest absolute Gasteiger partial charge is 0.485 e. The molecule has 0 aliphatic carbocycles. The minimum atomic E-state index is 0. The molecule has 1 nitrogen and oxygen atoms in total. The quantitative estimate of drug-likeness (QED) is 0.709. The summed E-state index contributed by atoms with van der Waals surface area (Å²) < 4.78 is 6.02. The van der Waals surface area contributed by atoms with Crippen molar-refractivity contribution in [1.82, 2.24) is 0 Å². The van der Waals surface area contributed by atoms with Crippen LogP contribution in [0.1, 0.15) is 23.7 Å². The second-order valence-electron chi connectivity index (χ2n) is 4.16. The Morgan fingerprint density at radius 3 is 2.41 bits per heavy atom. The van der Waals surface area contributed by atoms with Gasteiger partial charge < -0.3 is 4.74 Å². The number of para-hydroxylation sites is 1. The van der Waals surface area contributed by atoms with E-state index in [1.165, 1.54) is 11.1 Å². The van der Waals surface area contributed by atoms with E-state index in [0.717, 1.165) is 18.6 Å². The Morgan fingerprint density at radius 1 is 0.882 bits per heavy atom. The first-order valence-electron chi connectivity index (χ1n) is 5.73. The molecule has 3 rings (SSSR count). The molecule has 1 aliphatic rings. The Labute approximate surface area is 132 Å². The number of benzene rings is 2.